The fourth-order valence-electron chi connectivity index (χ4n) is 8.13. The Morgan fingerprint density at radius 2 is 1.75 bits per heavy atom. The molecule has 0 saturated heterocycles. The van der Waals surface area contributed by atoms with Crippen molar-refractivity contribution in [3.8, 4) is 0 Å². The Morgan fingerprint density at radius 3 is 2.50 bits per heavy atom. The SMILES string of the molecule is C[C@H]1C[C@@H]2[C@H](CC[C@]3(C)C(=O)CC[C@@H]23)[C@@]2(C)CCC([C]3C=C3)C[C@H]12. The van der Waals surface area contributed by atoms with Crippen molar-refractivity contribution in [1.29, 1.82) is 0 Å². The number of hydrogen-bond acceptors (Lipinski definition) is 1. The van der Waals surface area contributed by atoms with E-state index in [1.165, 1.54) is 44.9 Å². The van der Waals surface area contributed by atoms with Gasteiger partial charge in [-0.25, -0.2) is 0 Å². The van der Waals surface area contributed by atoms with Gasteiger partial charge < -0.3 is 0 Å². The number of allylic oxidation sites excluding steroid dienone is 2. The number of carbonyl (C=O) groups is 1. The molecule has 131 valence electrons. The molecule has 0 heterocycles. The average Bonchev–Trinajstić information content (AvgIpc) is 3.34. The van der Waals surface area contributed by atoms with Gasteiger partial charge in [-0.2, -0.15) is 0 Å². The van der Waals surface area contributed by atoms with E-state index >= 15 is 0 Å². The van der Waals surface area contributed by atoms with Crippen molar-refractivity contribution in [3.05, 3.63) is 18.1 Å². The first-order valence-electron chi connectivity index (χ1n) is 10.5. The average molecular weight is 326 g/mol. The van der Waals surface area contributed by atoms with Gasteiger partial charge in [-0.05, 0) is 85.9 Å². The van der Waals surface area contributed by atoms with E-state index in [0.29, 0.717) is 17.1 Å². The lowest BCUT2D eigenvalue weighted by molar-refractivity contribution is -0.147. The fourth-order valence-corrected chi connectivity index (χ4v) is 8.13. The highest BCUT2D eigenvalue weighted by Crippen LogP contribution is 2.67. The predicted molar refractivity (Wildman–Crippen MR) is 97.2 cm³/mol. The van der Waals surface area contributed by atoms with Gasteiger partial charge in [0.15, 0.2) is 0 Å². The van der Waals surface area contributed by atoms with E-state index < -0.39 is 0 Å². The smallest absolute Gasteiger partial charge is 0.139 e. The lowest BCUT2D eigenvalue weighted by Gasteiger charge is -2.62. The molecule has 5 rings (SSSR count). The van der Waals surface area contributed by atoms with E-state index in [9.17, 15) is 4.79 Å². The minimum atomic E-state index is 0.0368. The number of carbonyl (C=O) groups excluding carboxylic acids is 1. The number of ketones is 1. The van der Waals surface area contributed by atoms with E-state index in [1.807, 2.05) is 0 Å². The van der Waals surface area contributed by atoms with E-state index in [1.54, 1.807) is 5.92 Å². The second kappa shape index (κ2) is 4.98. The van der Waals surface area contributed by atoms with Crippen LogP contribution in [0.25, 0.3) is 0 Å². The van der Waals surface area contributed by atoms with Crippen molar-refractivity contribution in [2.45, 2.75) is 72.1 Å². The number of rotatable bonds is 1. The molecular weight excluding hydrogens is 292 g/mol. The summed E-state index contributed by atoms with van der Waals surface area (Å²) < 4.78 is 0. The van der Waals surface area contributed by atoms with Gasteiger partial charge in [-0.15, -0.1) is 0 Å². The van der Waals surface area contributed by atoms with Gasteiger partial charge in [0.2, 0.25) is 0 Å². The van der Waals surface area contributed by atoms with Crippen LogP contribution < -0.4 is 0 Å². The highest BCUT2D eigenvalue weighted by atomic mass is 16.1. The summed E-state index contributed by atoms with van der Waals surface area (Å²) in [5.41, 5.74) is 0.580. The third-order valence-corrected chi connectivity index (χ3v) is 9.57. The van der Waals surface area contributed by atoms with E-state index in [4.69, 9.17) is 0 Å². The van der Waals surface area contributed by atoms with Gasteiger partial charge >= 0.3 is 0 Å². The second-order valence-corrected chi connectivity index (χ2v) is 10.4. The predicted octanol–water partition coefficient (Wildman–Crippen LogP) is 5.60. The maximum atomic E-state index is 12.6. The molecule has 0 bridgehead atoms. The molecule has 1 radical (unpaired) electrons. The molecule has 4 fully saturated rings. The van der Waals surface area contributed by atoms with Crippen LogP contribution >= 0.6 is 0 Å². The Bertz CT molecular complexity index is 585. The molecule has 24 heavy (non-hydrogen) atoms. The molecular formula is C23H33O. The molecule has 0 aromatic carbocycles. The van der Waals surface area contributed by atoms with E-state index in [2.05, 4.69) is 32.9 Å². The van der Waals surface area contributed by atoms with Crippen LogP contribution in [0.15, 0.2) is 12.2 Å². The van der Waals surface area contributed by atoms with Gasteiger partial charge in [-0.3, -0.25) is 4.79 Å². The van der Waals surface area contributed by atoms with Crippen molar-refractivity contribution >= 4 is 5.78 Å². The largest absolute Gasteiger partial charge is 0.299 e. The number of hydrogen-bond donors (Lipinski definition) is 0. The molecule has 0 amide bonds. The fraction of sp³-hybridized carbons (Fsp3) is 0.826. The van der Waals surface area contributed by atoms with Gasteiger partial charge in [0.25, 0.3) is 0 Å². The zero-order valence-corrected chi connectivity index (χ0v) is 15.7. The molecule has 1 unspecified atom stereocenters. The van der Waals surface area contributed by atoms with Gasteiger partial charge in [-0.1, -0.05) is 32.9 Å². The summed E-state index contributed by atoms with van der Waals surface area (Å²) in [6, 6.07) is 0. The first kappa shape index (κ1) is 15.6. The van der Waals surface area contributed by atoms with Gasteiger partial charge in [0.1, 0.15) is 5.78 Å². The highest BCUT2D eigenvalue weighted by molar-refractivity contribution is 5.87. The minimum absolute atomic E-state index is 0.0368. The zero-order chi connectivity index (χ0) is 16.7. The van der Waals surface area contributed by atoms with Crippen molar-refractivity contribution < 1.29 is 4.79 Å². The highest BCUT2D eigenvalue weighted by Gasteiger charge is 2.61. The maximum absolute atomic E-state index is 12.6. The van der Waals surface area contributed by atoms with E-state index in [0.717, 1.165) is 36.0 Å². The standard InChI is InChI=1S/C23H33O/c1-14-12-17-18-6-7-21(24)23(18,3)11-9-19(17)22(2)10-8-16(13-20(14)22)15-4-5-15/h4-5,14,16-20H,6-13H2,1-3H3/t14-,16?,17-,18-,19-,20+,22+,23-/m0/s1. The maximum Gasteiger partial charge on any atom is 0.139 e. The number of Topliss-reactive ketones (excluding diaryl/α,β-unsaturated/α-hetero) is 1. The summed E-state index contributed by atoms with van der Waals surface area (Å²) in [5.74, 6) is 7.28. The normalized spacial score (nSPS) is 56.5. The molecule has 8 atom stereocenters. The number of fused-ring (bicyclic) bond motifs is 5. The summed E-state index contributed by atoms with van der Waals surface area (Å²) in [7, 11) is 0. The van der Waals surface area contributed by atoms with Crippen molar-refractivity contribution in [1.82, 2.24) is 0 Å². The van der Waals surface area contributed by atoms with Crippen molar-refractivity contribution in [3.63, 3.8) is 0 Å². The summed E-state index contributed by atoms with van der Waals surface area (Å²) in [6.07, 6.45) is 14.9. The summed E-state index contributed by atoms with van der Waals surface area (Å²) in [5, 5.41) is 0. The first-order valence-corrected chi connectivity index (χ1v) is 10.5. The Kier molecular flexibility index (Phi) is 3.25. The van der Waals surface area contributed by atoms with E-state index in [-0.39, 0.29) is 5.41 Å². The molecule has 0 N–H and O–H groups in total. The van der Waals surface area contributed by atoms with Gasteiger partial charge in [0.05, 0.1) is 0 Å². The Hall–Kier alpha value is -0.590. The van der Waals surface area contributed by atoms with Crippen LogP contribution in [0, 0.1) is 52.3 Å². The summed E-state index contributed by atoms with van der Waals surface area (Å²) >= 11 is 0. The van der Waals surface area contributed by atoms with Crippen LogP contribution in [-0.2, 0) is 4.79 Å². The second-order valence-electron chi connectivity index (χ2n) is 10.4. The molecule has 5 aliphatic carbocycles. The first-order chi connectivity index (χ1) is 11.4. The van der Waals surface area contributed by atoms with Crippen molar-refractivity contribution in [2.75, 3.05) is 0 Å². The van der Waals surface area contributed by atoms with Gasteiger partial charge in [0, 0.05) is 17.8 Å². The molecule has 0 spiro atoms. The Labute approximate surface area is 147 Å². The Morgan fingerprint density at radius 1 is 0.958 bits per heavy atom. The van der Waals surface area contributed by atoms with Crippen LogP contribution in [0.1, 0.15) is 72.1 Å². The monoisotopic (exact) mass is 325 g/mol. The summed E-state index contributed by atoms with van der Waals surface area (Å²) in [6.45, 7) is 7.50. The van der Waals surface area contributed by atoms with Crippen LogP contribution in [0.2, 0.25) is 0 Å². The lowest BCUT2D eigenvalue weighted by atomic mass is 9.42. The lowest BCUT2D eigenvalue weighted by Crippen LogP contribution is -2.55. The molecule has 1 heteroatoms. The minimum Gasteiger partial charge on any atom is -0.299 e. The molecule has 1 nitrogen and oxygen atoms in total. The Balaban J connectivity index is 1.44. The van der Waals surface area contributed by atoms with Crippen molar-refractivity contribution in [2.24, 2.45) is 46.3 Å². The quantitative estimate of drug-likeness (QED) is 0.613. The van der Waals surface area contributed by atoms with Crippen LogP contribution in [-0.4, -0.2) is 5.78 Å². The molecule has 0 aromatic heterocycles. The van der Waals surface area contributed by atoms with Crippen LogP contribution in [0.3, 0.4) is 0 Å². The topological polar surface area (TPSA) is 17.1 Å². The third-order valence-electron chi connectivity index (χ3n) is 9.57. The third kappa shape index (κ3) is 1.96. The molecule has 5 aliphatic rings. The van der Waals surface area contributed by atoms with Crippen LogP contribution in [0.4, 0.5) is 0 Å². The summed E-state index contributed by atoms with van der Waals surface area (Å²) in [4.78, 5) is 12.6. The molecule has 0 aliphatic heterocycles. The van der Waals surface area contributed by atoms with Crippen LogP contribution in [0.5, 0.6) is 0 Å². The zero-order valence-electron chi connectivity index (χ0n) is 15.7. The molecule has 0 aromatic rings. The molecule has 4 saturated carbocycles.